The van der Waals surface area contributed by atoms with E-state index in [2.05, 4.69) is 77.3 Å². The standard InChI is InChI=1S/C14H16Br3N3/c1-3-6-18-13(14-12(17)8-19-20(14)2)10-7-9(15)4-5-11(10)16/h4-5,7-8,13,18H,3,6H2,1-2H3. The molecule has 1 N–H and O–H groups in total. The van der Waals surface area contributed by atoms with E-state index in [0.29, 0.717) is 0 Å². The molecule has 0 spiro atoms. The van der Waals surface area contributed by atoms with Crippen LogP contribution in [-0.2, 0) is 7.05 Å². The van der Waals surface area contributed by atoms with Crippen molar-refractivity contribution in [1.29, 1.82) is 0 Å². The predicted molar refractivity (Wildman–Crippen MR) is 92.9 cm³/mol. The lowest BCUT2D eigenvalue weighted by atomic mass is 10.0. The van der Waals surface area contributed by atoms with Crippen LogP contribution < -0.4 is 5.32 Å². The van der Waals surface area contributed by atoms with Crippen LogP contribution in [0.3, 0.4) is 0 Å². The first-order valence-electron chi connectivity index (χ1n) is 6.40. The Hall–Kier alpha value is -0.170. The molecule has 0 saturated carbocycles. The number of aryl methyl sites for hydroxylation is 1. The second-order valence-corrected chi connectivity index (χ2v) is 7.18. The van der Waals surface area contributed by atoms with Crippen molar-refractivity contribution < 1.29 is 0 Å². The lowest BCUT2D eigenvalue weighted by molar-refractivity contribution is 0.550. The number of aromatic nitrogens is 2. The molecular weight excluding hydrogens is 450 g/mol. The molecule has 3 nitrogen and oxygen atoms in total. The monoisotopic (exact) mass is 463 g/mol. The zero-order valence-electron chi connectivity index (χ0n) is 11.3. The van der Waals surface area contributed by atoms with Gasteiger partial charge in [0.25, 0.3) is 0 Å². The number of nitrogens with zero attached hydrogens (tertiary/aromatic N) is 2. The lowest BCUT2D eigenvalue weighted by Gasteiger charge is -2.21. The molecule has 0 aliphatic heterocycles. The molecule has 0 amide bonds. The van der Waals surface area contributed by atoms with E-state index in [1.165, 1.54) is 5.56 Å². The molecule has 0 radical (unpaired) electrons. The van der Waals surface area contributed by atoms with E-state index in [4.69, 9.17) is 0 Å². The van der Waals surface area contributed by atoms with E-state index in [1.807, 2.05) is 24.0 Å². The Morgan fingerprint density at radius 3 is 2.60 bits per heavy atom. The van der Waals surface area contributed by atoms with Crippen molar-refractivity contribution in [2.75, 3.05) is 6.54 Å². The van der Waals surface area contributed by atoms with Crippen molar-refractivity contribution in [3.63, 3.8) is 0 Å². The van der Waals surface area contributed by atoms with Crippen molar-refractivity contribution in [3.8, 4) is 0 Å². The molecule has 0 aliphatic carbocycles. The molecule has 1 aromatic heterocycles. The summed E-state index contributed by atoms with van der Waals surface area (Å²) in [6, 6.07) is 6.31. The van der Waals surface area contributed by atoms with Gasteiger partial charge in [-0.3, -0.25) is 4.68 Å². The minimum Gasteiger partial charge on any atom is -0.305 e. The maximum Gasteiger partial charge on any atom is 0.0771 e. The van der Waals surface area contributed by atoms with Gasteiger partial charge in [-0.2, -0.15) is 5.10 Å². The van der Waals surface area contributed by atoms with Crippen molar-refractivity contribution in [3.05, 3.63) is 49.1 Å². The molecule has 0 bridgehead atoms. The van der Waals surface area contributed by atoms with Gasteiger partial charge in [-0.1, -0.05) is 38.8 Å². The predicted octanol–water partition coefficient (Wildman–Crippen LogP) is 4.80. The topological polar surface area (TPSA) is 29.9 Å². The van der Waals surface area contributed by atoms with Crippen LogP contribution in [0.1, 0.15) is 30.6 Å². The number of hydrogen-bond donors (Lipinski definition) is 1. The minimum absolute atomic E-state index is 0.0868. The average molecular weight is 466 g/mol. The number of nitrogens with one attached hydrogen (secondary N) is 1. The summed E-state index contributed by atoms with van der Waals surface area (Å²) in [5, 5.41) is 7.92. The maximum absolute atomic E-state index is 4.33. The molecule has 6 heteroatoms. The van der Waals surface area contributed by atoms with E-state index < -0.39 is 0 Å². The van der Waals surface area contributed by atoms with E-state index in [-0.39, 0.29) is 6.04 Å². The molecule has 1 aromatic carbocycles. The molecule has 0 aliphatic rings. The summed E-state index contributed by atoms with van der Waals surface area (Å²) in [5.41, 5.74) is 2.31. The second kappa shape index (κ2) is 7.20. The molecule has 2 rings (SSSR count). The first kappa shape index (κ1) is 16.2. The van der Waals surface area contributed by atoms with Gasteiger partial charge in [0.2, 0.25) is 0 Å². The highest BCUT2D eigenvalue weighted by atomic mass is 79.9. The van der Waals surface area contributed by atoms with Crippen molar-refractivity contribution >= 4 is 47.8 Å². The van der Waals surface area contributed by atoms with Crippen LogP contribution in [-0.4, -0.2) is 16.3 Å². The summed E-state index contributed by atoms with van der Waals surface area (Å²) in [4.78, 5) is 0. The fourth-order valence-electron chi connectivity index (χ4n) is 2.12. The van der Waals surface area contributed by atoms with Gasteiger partial charge in [-0.25, -0.2) is 0 Å². The van der Waals surface area contributed by atoms with Crippen molar-refractivity contribution in [2.45, 2.75) is 19.4 Å². The lowest BCUT2D eigenvalue weighted by Crippen LogP contribution is -2.26. The van der Waals surface area contributed by atoms with Gasteiger partial charge < -0.3 is 5.32 Å². The fraction of sp³-hybridized carbons (Fsp3) is 0.357. The molecule has 1 unspecified atom stereocenters. The largest absolute Gasteiger partial charge is 0.305 e. The summed E-state index contributed by atoms with van der Waals surface area (Å²) in [6.07, 6.45) is 2.92. The summed E-state index contributed by atoms with van der Waals surface area (Å²) in [5.74, 6) is 0. The van der Waals surface area contributed by atoms with E-state index in [1.54, 1.807) is 0 Å². The summed E-state index contributed by atoms with van der Waals surface area (Å²) in [6.45, 7) is 3.11. The Labute approximate surface area is 144 Å². The Kier molecular flexibility index (Phi) is 5.84. The van der Waals surface area contributed by atoms with Gasteiger partial charge >= 0.3 is 0 Å². The smallest absolute Gasteiger partial charge is 0.0771 e. The SMILES string of the molecule is CCCNC(c1cc(Br)ccc1Br)c1c(Br)cnn1C. The van der Waals surface area contributed by atoms with Crippen molar-refractivity contribution in [2.24, 2.45) is 7.05 Å². The first-order valence-corrected chi connectivity index (χ1v) is 8.78. The average Bonchev–Trinajstić information content (AvgIpc) is 2.74. The molecule has 20 heavy (non-hydrogen) atoms. The maximum atomic E-state index is 4.33. The Morgan fingerprint density at radius 1 is 1.25 bits per heavy atom. The minimum atomic E-state index is 0.0868. The first-order chi connectivity index (χ1) is 9.54. The van der Waals surface area contributed by atoms with Crippen LogP contribution in [0.2, 0.25) is 0 Å². The van der Waals surface area contributed by atoms with E-state index >= 15 is 0 Å². The third-order valence-corrected chi connectivity index (χ3v) is 4.90. The van der Waals surface area contributed by atoms with Gasteiger partial charge in [0.15, 0.2) is 0 Å². The molecule has 1 atom stereocenters. The second-order valence-electron chi connectivity index (χ2n) is 4.55. The Bertz CT molecular complexity index is 576. The highest BCUT2D eigenvalue weighted by molar-refractivity contribution is 9.11. The van der Waals surface area contributed by atoms with Gasteiger partial charge in [0.1, 0.15) is 0 Å². The van der Waals surface area contributed by atoms with E-state index in [9.17, 15) is 0 Å². The molecule has 0 fully saturated rings. The third-order valence-electron chi connectivity index (χ3n) is 3.08. The molecule has 1 heterocycles. The number of benzene rings is 1. The summed E-state index contributed by atoms with van der Waals surface area (Å²) < 4.78 is 5.07. The fourth-order valence-corrected chi connectivity index (χ4v) is 3.55. The van der Waals surface area contributed by atoms with Gasteiger partial charge in [0.05, 0.1) is 22.4 Å². The molecule has 2 aromatic rings. The molecule has 0 saturated heterocycles. The van der Waals surface area contributed by atoms with Gasteiger partial charge in [-0.05, 0) is 52.7 Å². The van der Waals surface area contributed by atoms with Crippen LogP contribution in [0.15, 0.2) is 37.8 Å². The van der Waals surface area contributed by atoms with Gasteiger partial charge in [-0.15, -0.1) is 0 Å². The zero-order chi connectivity index (χ0) is 14.7. The highest BCUT2D eigenvalue weighted by Gasteiger charge is 2.22. The van der Waals surface area contributed by atoms with Gasteiger partial charge in [0, 0.05) is 16.0 Å². The Balaban J connectivity index is 2.50. The zero-order valence-corrected chi connectivity index (χ0v) is 16.1. The van der Waals surface area contributed by atoms with Crippen LogP contribution in [0.4, 0.5) is 0 Å². The van der Waals surface area contributed by atoms with E-state index in [0.717, 1.165) is 32.1 Å². The number of hydrogen-bond acceptors (Lipinski definition) is 2. The number of rotatable bonds is 5. The number of halogens is 3. The molecule has 108 valence electrons. The van der Waals surface area contributed by atoms with Crippen LogP contribution >= 0.6 is 47.8 Å². The summed E-state index contributed by atoms with van der Waals surface area (Å²) in [7, 11) is 1.96. The van der Waals surface area contributed by atoms with Crippen LogP contribution in [0.5, 0.6) is 0 Å². The normalized spacial score (nSPS) is 12.7. The molecular formula is C14H16Br3N3. The van der Waals surface area contributed by atoms with Crippen LogP contribution in [0.25, 0.3) is 0 Å². The quantitative estimate of drug-likeness (QED) is 0.687. The summed E-state index contributed by atoms with van der Waals surface area (Å²) >= 11 is 10.8. The van der Waals surface area contributed by atoms with Crippen LogP contribution in [0, 0.1) is 0 Å². The highest BCUT2D eigenvalue weighted by Crippen LogP contribution is 2.34. The Morgan fingerprint density at radius 2 is 2.00 bits per heavy atom. The third kappa shape index (κ3) is 3.53. The van der Waals surface area contributed by atoms with Crippen molar-refractivity contribution in [1.82, 2.24) is 15.1 Å².